The molecule has 0 aromatic heterocycles. The predicted octanol–water partition coefficient (Wildman–Crippen LogP) is 3.97. The van der Waals surface area contributed by atoms with E-state index in [1.54, 1.807) is 43.3 Å². The van der Waals surface area contributed by atoms with E-state index in [0.29, 0.717) is 21.9 Å². The van der Waals surface area contributed by atoms with Crippen LogP contribution in [0, 0.1) is 6.92 Å². The highest BCUT2D eigenvalue weighted by Gasteiger charge is 2.29. The smallest absolute Gasteiger partial charge is 0.231 e. The van der Waals surface area contributed by atoms with Crippen LogP contribution in [0.1, 0.15) is 21.5 Å². The predicted molar refractivity (Wildman–Crippen MR) is 77.2 cm³/mol. The number of allylic oxidation sites excluding steroid dienone is 1. The summed E-state index contributed by atoms with van der Waals surface area (Å²) < 4.78 is 5.58. The fraction of sp³-hybridized carbons (Fsp3) is 0.0625. The Balaban J connectivity index is 2.01. The molecule has 100 valence electrons. The lowest BCUT2D eigenvalue weighted by Gasteiger charge is -2.03. The lowest BCUT2D eigenvalue weighted by Crippen LogP contribution is -1.97. The molecule has 0 unspecified atom stereocenters. The first-order chi connectivity index (χ1) is 9.56. The second-order valence-electron chi connectivity index (χ2n) is 4.58. The quantitative estimate of drug-likeness (QED) is 0.807. The average Bonchev–Trinajstić information content (AvgIpc) is 2.75. The van der Waals surface area contributed by atoms with Gasteiger partial charge in [0.15, 0.2) is 5.76 Å². The number of rotatable bonds is 1. The number of halogens is 1. The fourth-order valence-electron chi connectivity index (χ4n) is 2.09. The Morgan fingerprint density at radius 3 is 2.55 bits per heavy atom. The van der Waals surface area contributed by atoms with E-state index in [9.17, 15) is 9.90 Å². The maximum absolute atomic E-state index is 12.2. The number of Topliss-reactive ketones (excluding diaryl/α,β-unsaturated/α-hetero) is 1. The lowest BCUT2D eigenvalue weighted by atomic mass is 10.1. The fourth-order valence-corrected chi connectivity index (χ4v) is 2.21. The Labute approximate surface area is 121 Å². The molecule has 0 amide bonds. The molecule has 2 aromatic rings. The third kappa shape index (κ3) is 2.06. The molecule has 3 rings (SSSR count). The number of hydrogen-bond donors (Lipinski definition) is 1. The topological polar surface area (TPSA) is 46.5 Å². The van der Waals surface area contributed by atoms with E-state index in [1.807, 2.05) is 0 Å². The van der Waals surface area contributed by atoms with Gasteiger partial charge in [-0.2, -0.15) is 0 Å². The van der Waals surface area contributed by atoms with E-state index in [1.165, 1.54) is 6.07 Å². The summed E-state index contributed by atoms with van der Waals surface area (Å²) >= 11 is 5.82. The lowest BCUT2D eigenvalue weighted by molar-refractivity contribution is 0.101. The van der Waals surface area contributed by atoms with Gasteiger partial charge in [0.1, 0.15) is 11.5 Å². The summed E-state index contributed by atoms with van der Waals surface area (Å²) in [6.07, 6.45) is 1.66. The number of fused-ring (bicyclic) bond motifs is 1. The highest BCUT2D eigenvalue weighted by Crippen LogP contribution is 2.38. The molecule has 20 heavy (non-hydrogen) atoms. The highest BCUT2D eigenvalue weighted by atomic mass is 35.5. The number of phenols is 1. The molecule has 1 aliphatic heterocycles. The van der Waals surface area contributed by atoms with Gasteiger partial charge in [-0.25, -0.2) is 0 Å². The Kier molecular flexibility index (Phi) is 2.99. The minimum Gasteiger partial charge on any atom is -0.508 e. The number of carbonyl (C=O) groups excluding carboxylic acids is 1. The minimum absolute atomic E-state index is 0.115. The van der Waals surface area contributed by atoms with Gasteiger partial charge < -0.3 is 9.84 Å². The van der Waals surface area contributed by atoms with Crippen molar-refractivity contribution in [3.63, 3.8) is 0 Å². The Morgan fingerprint density at radius 1 is 1.15 bits per heavy atom. The number of ether oxygens (including phenoxy) is 1. The van der Waals surface area contributed by atoms with Gasteiger partial charge in [-0.15, -0.1) is 0 Å². The summed E-state index contributed by atoms with van der Waals surface area (Å²) in [6.45, 7) is 1.71. The number of benzene rings is 2. The maximum Gasteiger partial charge on any atom is 0.231 e. The van der Waals surface area contributed by atoms with Crippen molar-refractivity contribution in [3.05, 3.63) is 63.9 Å². The SMILES string of the molecule is Cc1c(O)ccc2c1O/C(=C\c1ccc(Cl)cc1)C2=O. The first-order valence-electron chi connectivity index (χ1n) is 6.08. The molecule has 0 spiro atoms. The molecule has 0 bridgehead atoms. The second-order valence-corrected chi connectivity index (χ2v) is 5.01. The van der Waals surface area contributed by atoms with Crippen LogP contribution in [-0.2, 0) is 0 Å². The van der Waals surface area contributed by atoms with Crippen LogP contribution in [0.4, 0.5) is 0 Å². The van der Waals surface area contributed by atoms with Crippen LogP contribution in [0.15, 0.2) is 42.2 Å². The van der Waals surface area contributed by atoms with Gasteiger partial charge in [-0.1, -0.05) is 23.7 Å². The van der Waals surface area contributed by atoms with Crippen molar-refractivity contribution in [3.8, 4) is 11.5 Å². The van der Waals surface area contributed by atoms with Gasteiger partial charge in [-0.05, 0) is 42.8 Å². The summed E-state index contributed by atoms with van der Waals surface area (Å²) in [7, 11) is 0. The zero-order chi connectivity index (χ0) is 14.3. The first-order valence-corrected chi connectivity index (χ1v) is 6.46. The normalized spacial score (nSPS) is 15.3. The van der Waals surface area contributed by atoms with E-state index >= 15 is 0 Å². The van der Waals surface area contributed by atoms with E-state index < -0.39 is 0 Å². The van der Waals surface area contributed by atoms with Gasteiger partial charge in [0, 0.05) is 10.6 Å². The van der Waals surface area contributed by atoms with Gasteiger partial charge in [0.2, 0.25) is 5.78 Å². The third-order valence-electron chi connectivity index (χ3n) is 3.23. The van der Waals surface area contributed by atoms with Gasteiger partial charge in [0.25, 0.3) is 0 Å². The molecule has 0 saturated carbocycles. The van der Waals surface area contributed by atoms with Crippen LogP contribution >= 0.6 is 11.6 Å². The molecule has 0 fully saturated rings. The minimum atomic E-state index is -0.182. The largest absolute Gasteiger partial charge is 0.508 e. The molecule has 0 radical (unpaired) electrons. The van der Waals surface area contributed by atoms with Crippen LogP contribution in [-0.4, -0.2) is 10.9 Å². The van der Waals surface area contributed by atoms with Crippen molar-refractivity contribution in [2.75, 3.05) is 0 Å². The van der Waals surface area contributed by atoms with Crippen molar-refractivity contribution in [2.45, 2.75) is 6.92 Å². The monoisotopic (exact) mass is 286 g/mol. The molecular formula is C16H11ClO3. The van der Waals surface area contributed by atoms with Crippen molar-refractivity contribution >= 4 is 23.5 Å². The summed E-state index contributed by atoms with van der Waals surface area (Å²) in [6, 6.07) is 10.2. The molecule has 1 N–H and O–H groups in total. The molecule has 0 saturated heterocycles. The molecule has 2 aromatic carbocycles. The van der Waals surface area contributed by atoms with Gasteiger partial charge in [0.05, 0.1) is 5.56 Å². The number of ketones is 1. The van der Waals surface area contributed by atoms with Gasteiger partial charge >= 0.3 is 0 Å². The van der Waals surface area contributed by atoms with Crippen molar-refractivity contribution in [1.82, 2.24) is 0 Å². The Morgan fingerprint density at radius 2 is 1.85 bits per heavy atom. The summed E-state index contributed by atoms with van der Waals surface area (Å²) in [5.41, 5.74) is 1.86. The van der Waals surface area contributed by atoms with Crippen LogP contribution in [0.2, 0.25) is 5.02 Å². The highest BCUT2D eigenvalue weighted by molar-refractivity contribution is 6.30. The third-order valence-corrected chi connectivity index (χ3v) is 3.48. The van der Waals surface area contributed by atoms with Crippen molar-refractivity contribution in [1.29, 1.82) is 0 Å². The molecule has 1 aliphatic rings. The summed E-state index contributed by atoms with van der Waals surface area (Å²) in [5, 5.41) is 10.3. The average molecular weight is 287 g/mol. The first kappa shape index (κ1) is 12.8. The molecule has 4 heteroatoms. The van der Waals surface area contributed by atoms with E-state index in [2.05, 4.69) is 0 Å². The Bertz CT molecular complexity index is 730. The van der Waals surface area contributed by atoms with Gasteiger partial charge in [-0.3, -0.25) is 4.79 Å². The second kappa shape index (κ2) is 4.69. The van der Waals surface area contributed by atoms with Crippen LogP contribution in [0.3, 0.4) is 0 Å². The summed E-state index contributed by atoms with van der Waals surface area (Å²) in [5.74, 6) is 0.605. The molecule has 0 aliphatic carbocycles. The van der Waals surface area contributed by atoms with E-state index in [4.69, 9.17) is 16.3 Å². The molecule has 1 heterocycles. The van der Waals surface area contributed by atoms with E-state index in [0.717, 1.165) is 5.56 Å². The molecular weight excluding hydrogens is 276 g/mol. The number of phenolic OH excluding ortho intramolecular Hbond substituents is 1. The maximum atomic E-state index is 12.2. The van der Waals surface area contributed by atoms with Crippen LogP contribution < -0.4 is 4.74 Å². The summed E-state index contributed by atoms with van der Waals surface area (Å²) in [4.78, 5) is 12.2. The zero-order valence-electron chi connectivity index (χ0n) is 10.7. The van der Waals surface area contributed by atoms with Crippen molar-refractivity contribution in [2.24, 2.45) is 0 Å². The number of carbonyl (C=O) groups is 1. The molecule has 0 atom stereocenters. The van der Waals surface area contributed by atoms with Crippen LogP contribution in [0.25, 0.3) is 6.08 Å². The van der Waals surface area contributed by atoms with Crippen molar-refractivity contribution < 1.29 is 14.6 Å². The molecule has 3 nitrogen and oxygen atoms in total. The van der Waals surface area contributed by atoms with Crippen LogP contribution in [0.5, 0.6) is 11.5 Å². The number of hydrogen-bond acceptors (Lipinski definition) is 3. The Hall–Kier alpha value is -2.26. The zero-order valence-corrected chi connectivity index (χ0v) is 11.4. The van der Waals surface area contributed by atoms with E-state index in [-0.39, 0.29) is 17.3 Å². The number of aromatic hydroxyl groups is 1. The standard InChI is InChI=1S/C16H11ClO3/c1-9-13(18)7-6-12-15(19)14(20-16(9)12)8-10-2-4-11(17)5-3-10/h2-8,18H,1H3/b14-8-.